The minimum absolute atomic E-state index is 0.384. The van der Waals surface area contributed by atoms with Crippen LogP contribution in [0.15, 0.2) is 45.3 Å². The van der Waals surface area contributed by atoms with Gasteiger partial charge in [0.1, 0.15) is 5.76 Å². The Labute approximate surface area is 120 Å². The summed E-state index contributed by atoms with van der Waals surface area (Å²) >= 11 is 9.16. The molecule has 1 aromatic heterocycles. The fourth-order valence-corrected chi connectivity index (χ4v) is 2.19. The summed E-state index contributed by atoms with van der Waals surface area (Å²) in [6, 6.07) is 12.4. The first kappa shape index (κ1) is 13.7. The molecule has 0 spiro atoms. The summed E-state index contributed by atoms with van der Waals surface area (Å²) in [7, 11) is 0. The monoisotopic (exact) mass is 327 g/mol. The highest BCUT2D eigenvalue weighted by Crippen LogP contribution is 2.14. The zero-order chi connectivity index (χ0) is 13.0. The van der Waals surface area contributed by atoms with Crippen LogP contribution in [0, 0.1) is 0 Å². The first-order valence-corrected chi connectivity index (χ1v) is 7.02. The third kappa shape index (κ3) is 4.16. The lowest BCUT2D eigenvalue weighted by Gasteiger charge is -2.12. The van der Waals surface area contributed by atoms with Crippen LogP contribution in [0.4, 0.5) is 0 Å². The van der Waals surface area contributed by atoms with E-state index in [9.17, 15) is 0 Å². The molecule has 96 valence electrons. The number of halogens is 2. The number of hydrogen-bond donors (Lipinski definition) is 1. The van der Waals surface area contributed by atoms with E-state index in [0.29, 0.717) is 17.8 Å². The van der Waals surface area contributed by atoms with E-state index in [1.807, 2.05) is 6.07 Å². The molecule has 0 aliphatic carbocycles. The average molecular weight is 329 g/mol. The van der Waals surface area contributed by atoms with Gasteiger partial charge in [-0.1, -0.05) is 28.1 Å². The van der Waals surface area contributed by atoms with Crippen molar-refractivity contribution < 1.29 is 4.42 Å². The Balaban J connectivity index is 1.81. The second-order valence-electron chi connectivity index (χ2n) is 4.32. The maximum absolute atomic E-state index is 5.72. The molecule has 2 aromatic rings. The van der Waals surface area contributed by atoms with Crippen molar-refractivity contribution in [1.29, 1.82) is 0 Å². The summed E-state index contributed by atoms with van der Waals surface area (Å²) in [6.07, 6.45) is 0.988. The van der Waals surface area contributed by atoms with Gasteiger partial charge in [0.2, 0.25) is 0 Å². The van der Waals surface area contributed by atoms with E-state index in [2.05, 4.69) is 52.4 Å². The van der Waals surface area contributed by atoms with Gasteiger partial charge >= 0.3 is 0 Å². The molecule has 1 aromatic carbocycles. The van der Waals surface area contributed by atoms with E-state index in [4.69, 9.17) is 16.0 Å². The van der Waals surface area contributed by atoms with Crippen LogP contribution in [0.1, 0.15) is 18.2 Å². The van der Waals surface area contributed by atoms with Gasteiger partial charge in [0.05, 0.1) is 6.54 Å². The molecule has 0 bridgehead atoms. The first-order chi connectivity index (χ1) is 8.63. The molecule has 2 nitrogen and oxygen atoms in total. The number of benzene rings is 1. The zero-order valence-corrected chi connectivity index (χ0v) is 12.5. The molecule has 1 heterocycles. The number of rotatable bonds is 5. The van der Waals surface area contributed by atoms with Crippen LogP contribution >= 0.6 is 27.5 Å². The van der Waals surface area contributed by atoms with Gasteiger partial charge in [-0.05, 0) is 54.8 Å². The van der Waals surface area contributed by atoms with Crippen LogP contribution in [0.25, 0.3) is 0 Å². The van der Waals surface area contributed by atoms with E-state index in [-0.39, 0.29) is 0 Å². The Morgan fingerprint density at radius 1 is 1.22 bits per heavy atom. The summed E-state index contributed by atoms with van der Waals surface area (Å²) in [5, 5.41) is 3.85. The average Bonchev–Trinajstić information content (AvgIpc) is 2.76. The molecule has 0 saturated heterocycles. The van der Waals surface area contributed by atoms with Gasteiger partial charge < -0.3 is 9.73 Å². The lowest BCUT2D eigenvalue weighted by molar-refractivity contribution is 0.455. The van der Waals surface area contributed by atoms with Crippen LogP contribution < -0.4 is 5.32 Å². The summed E-state index contributed by atoms with van der Waals surface area (Å²) in [5.74, 6) is 0.864. The van der Waals surface area contributed by atoms with Crippen molar-refractivity contribution in [1.82, 2.24) is 5.32 Å². The molecule has 0 fully saturated rings. The van der Waals surface area contributed by atoms with E-state index >= 15 is 0 Å². The van der Waals surface area contributed by atoms with Gasteiger partial charge in [0, 0.05) is 10.5 Å². The topological polar surface area (TPSA) is 25.2 Å². The van der Waals surface area contributed by atoms with Crippen LogP contribution in [-0.2, 0) is 13.0 Å². The SMILES string of the molecule is CC(Cc1ccc(Br)cc1)NCc1ccc(Cl)o1. The summed E-state index contributed by atoms with van der Waals surface area (Å²) in [6.45, 7) is 2.86. The van der Waals surface area contributed by atoms with Crippen molar-refractivity contribution in [3.8, 4) is 0 Å². The predicted molar refractivity (Wildman–Crippen MR) is 77.9 cm³/mol. The molecule has 2 rings (SSSR count). The highest BCUT2D eigenvalue weighted by Gasteiger charge is 2.05. The lowest BCUT2D eigenvalue weighted by atomic mass is 10.1. The Hall–Kier alpha value is -0.770. The third-order valence-electron chi connectivity index (χ3n) is 2.71. The predicted octanol–water partition coefficient (Wildman–Crippen LogP) is 4.42. The lowest BCUT2D eigenvalue weighted by Crippen LogP contribution is -2.27. The van der Waals surface area contributed by atoms with E-state index in [1.54, 1.807) is 6.07 Å². The number of furan rings is 1. The molecular weight excluding hydrogens is 314 g/mol. The molecule has 0 aliphatic heterocycles. The zero-order valence-electron chi connectivity index (χ0n) is 10.1. The molecule has 1 N–H and O–H groups in total. The maximum Gasteiger partial charge on any atom is 0.193 e. The molecular formula is C14H15BrClNO. The molecule has 1 atom stereocenters. The first-order valence-electron chi connectivity index (χ1n) is 5.85. The standard InChI is InChI=1S/C14H15BrClNO/c1-10(8-11-2-4-12(15)5-3-11)17-9-13-6-7-14(16)18-13/h2-7,10,17H,8-9H2,1H3. The van der Waals surface area contributed by atoms with Crippen molar-refractivity contribution in [3.05, 3.63) is 57.4 Å². The summed E-state index contributed by atoms with van der Waals surface area (Å²) in [5.41, 5.74) is 1.32. The van der Waals surface area contributed by atoms with Crippen LogP contribution in [0.5, 0.6) is 0 Å². The second-order valence-corrected chi connectivity index (χ2v) is 5.61. The van der Waals surface area contributed by atoms with Crippen LogP contribution in [0.3, 0.4) is 0 Å². The van der Waals surface area contributed by atoms with Crippen LogP contribution in [0.2, 0.25) is 5.22 Å². The van der Waals surface area contributed by atoms with Gasteiger partial charge in [-0.3, -0.25) is 0 Å². The van der Waals surface area contributed by atoms with Gasteiger partial charge in [-0.2, -0.15) is 0 Å². The van der Waals surface area contributed by atoms with Crippen molar-refractivity contribution in [3.63, 3.8) is 0 Å². The van der Waals surface area contributed by atoms with Crippen molar-refractivity contribution in [2.75, 3.05) is 0 Å². The van der Waals surface area contributed by atoms with E-state index < -0.39 is 0 Å². The Kier molecular flexibility index (Phi) is 4.87. The third-order valence-corrected chi connectivity index (χ3v) is 3.44. The molecule has 18 heavy (non-hydrogen) atoms. The minimum Gasteiger partial charge on any atom is -0.448 e. The van der Waals surface area contributed by atoms with Crippen LogP contribution in [-0.4, -0.2) is 6.04 Å². The van der Waals surface area contributed by atoms with Crippen molar-refractivity contribution in [2.45, 2.75) is 25.9 Å². The molecule has 1 unspecified atom stereocenters. The highest BCUT2D eigenvalue weighted by molar-refractivity contribution is 9.10. The minimum atomic E-state index is 0.384. The fourth-order valence-electron chi connectivity index (χ4n) is 1.77. The summed E-state index contributed by atoms with van der Waals surface area (Å²) in [4.78, 5) is 0. The highest BCUT2D eigenvalue weighted by atomic mass is 79.9. The Bertz CT molecular complexity index is 495. The Morgan fingerprint density at radius 2 is 1.94 bits per heavy atom. The molecule has 0 radical (unpaired) electrons. The Morgan fingerprint density at radius 3 is 2.56 bits per heavy atom. The van der Waals surface area contributed by atoms with Crippen molar-refractivity contribution >= 4 is 27.5 Å². The number of hydrogen-bond acceptors (Lipinski definition) is 2. The smallest absolute Gasteiger partial charge is 0.193 e. The normalized spacial score (nSPS) is 12.6. The van der Waals surface area contributed by atoms with Gasteiger partial charge in [0.15, 0.2) is 5.22 Å². The second kappa shape index (κ2) is 6.41. The molecule has 4 heteroatoms. The van der Waals surface area contributed by atoms with Gasteiger partial charge in [0.25, 0.3) is 0 Å². The van der Waals surface area contributed by atoms with Gasteiger partial charge in [-0.15, -0.1) is 0 Å². The summed E-state index contributed by atoms with van der Waals surface area (Å²) < 4.78 is 6.40. The molecule has 0 saturated carbocycles. The van der Waals surface area contributed by atoms with Gasteiger partial charge in [-0.25, -0.2) is 0 Å². The quantitative estimate of drug-likeness (QED) is 0.879. The largest absolute Gasteiger partial charge is 0.448 e. The number of nitrogens with one attached hydrogen (secondary N) is 1. The van der Waals surface area contributed by atoms with Crippen molar-refractivity contribution in [2.24, 2.45) is 0 Å². The van der Waals surface area contributed by atoms with E-state index in [0.717, 1.165) is 16.7 Å². The maximum atomic E-state index is 5.72. The molecule has 0 amide bonds. The fraction of sp³-hybridized carbons (Fsp3) is 0.286. The van der Waals surface area contributed by atoms with E-state index in [1.165, 1.54) is 5.56 Å². The molecule has 0 aliphatic rings.